The average molecular weight is 414 g/mol. The number of halogens is 3. The smallest absolute Gasteiger partial charge is 0.279 e. The van der Waals surface area contributed by atoms with Crippen LogP contribution in [0.25, 0.3) is 22.4 Å². The molecule has 0 aliphatic carbocycles. The Kier molecular flexibility index (Phi) is 4.04. The molecule has 0 aliphatic rings. The van der Waals surface area contributed by atoms with Crippen molar-refractivity contribution in [3.05, 3.63) is 52.3 Å². The molecular weight excluding hydrogens is 407 g/mol. The van der Waals surface area contributed by atoms with Crippen molar-refractivity contribution >= 4 is 62.8 Å². The van der Waals surface area contributed by atoms with Crippen molar-refractivity contribution in [2.24, 2.45) is 0 Å². The van der Waals surface area contributed by atoms with Gasteiger partial charge in [-0.25, -0.2) is 4.98 Å². The van der Waals surface area contributed by atoms with E-state index in [4.69, 9.17) is 39.3 Å². The number of aromatic nitrogens is 4. The zero-order valence-electron chi connectivity index (χ0n) is 12.2. The number of ketones is 1. The van der Waals surface area contributed by atoms with Crippen LogP contribution in [0.4, 0.5) is 0 Å². The monoisotopic (exact) mass is 412 g/mol. The highest BCUT2D eigenvalue weighted by molar-refractivity contribution is 7.12. The van der Waals surface area contributed by atoms with Crippen molar-refractivity contribution in [1.29, 1.82) is 0 Å². The summed E-state index contributed by atoms with van der Waals surface area (Å²) in [6, 6.07) is 7.54. The maximum Gasteiger partial charge on any atom is 0.279 e. The summed E-state index contributed by atoms with van der Waals surface area (Å²) in [5, 5.41) is 6.51. The fourth-order valence-corrected chi connectivity index (χ4v) is 3.28. The molecule has 0 saturated heterocycles. The summed E-state index contributed by atoms with van der Waals surface area (Å²) >= 11 is 18.3. The van der Waals surface area contributed by atoms with Crippen LogP contribution in [0.3, 0.4) is 0 Å². The van der Waals surface area contributed by atoms with E-state index in [0.717, 1.165) is 10.9 Å². The second kappa shape index (κ2) is 6.10. The van der Waals surface area contributed by atoms with Gasteiger partial charge in [0.2, 0.25) is 11.6 Å². The zero-order valence-corrected chi connectivity index (χ0v) is 15.2. The van der Waals surface area contributed by atoms with E-state index in [2.05, 4.69) is 20.1 Å². The molecule has 4 aromatic rings. The molecule has 0 fully saturated rings. The highest BCUT2D eigenvalue weighted by atomic mass is 35.6. The summed E-state index contributed by atoms with van der Waals surface area (Å²) in [7, 11) is 0. The number of carbonyl (C=O) groups is 1. The minimum atomic E-state index is -1.82. The lowest BCUT2D eigenvalue weighted by atomic mass is 10.1. The second-order valence-corrected chi connectivity index (χ2v) is 8.18. The molecule has 6 nitrogen and oxygen atoms in total. The Morgan fingerprint density at radius 1 is 1.20 bits per heavy atom. The van der Waals surface area contributed by atoms with Gasteiger partial charge in [-0.05, 0) is 6.07 Å². The van der Waals surface area contributed by atoms with Gasteiger partial charge in [0.25, 0.3) is 9.68 Å². The molecule has 0 radical (unpaired) electrons. The standard InChI is InChI=1S/C15H7Cl3N4O2S/c16-15(17,18)14-21-12(22-24-14)10-6-25-13(20-10)11(23)8-5-19-9-4-2-1-3-7(8)9/h1-6,19H. The van der Waals surface area contributed by atoms with E-state index >= 15 is 0 Å². The van der Waals surface area contributed by atoms with Crippen LogP contribution in [0, 0.1) is 0 Å². The first-order chi connectivity index (χ1) is 11.9. The summed E-state index contributed by atoms with van der Waals surface area (Å²) in [6.07, 6.45) is 1.67. The molecule has 0 spiro atoms. The topological polar surface area (TPSA) is 84.7 Å². The Hall–Kier alpha value is -1.93. The number of nitrogens with one attached hydrogen (secondary N) is 1. The SMILES string of the molecule is O=C(c1nc(-c2noc(C(Cl)(Cl)Cl)n2)cs1)c1c[nH]c2ccccc12. The van der Waals surface area contributed by atoms with Crippen LogP contribution in [-0.4, -0.2) is 25.9 Å². The van der Waals surface area contributed by atoms with E-state index in [0.29, 0.717) is 16.3 Å². The number of para-hydroxylation sites is 1. The Morgan fingerprint density at radius 2 is 2.00 bits per heavy atom. The number of hydrogen-bond donors (Lipinski definition) is 1. The summed E-state index contributed by atoms with van der Waals surface area (Å²) in [4.78, 5) is 24.1. The quantitative estimate of drug-likeness (QED) is 0.387. The first kappa shape index (κ1) is 16.5. The predicted octanol–water partition coefficient (Wildman–Crippen LogP) is 4.73. The number of carbonyl (C=O) groups excluding carboxylic acids is 1. The van der Waals surface area contributed by atoms with Crippen molar-refractivity contribution in [2.75, 3.05) is 0 Å². The van der Waals surface area contributed by atoms with Gasteiger partial charge in [-0.2, -0.15) is 4.98 Å². The van der Waals surface area contributed by atoms with E-state index in [1.54, 1.807) is 11.6 Å². The molecule has 1 N–H and O–H groups in total. The number of hydrogen-bond acceptors (Lipinski definition) is 6. The van der Waals surface area contributed by atoms with Gasteiger partial charge in [0.1, 0.15) is 5.69 Å². The summed E-state index contributed by atoms with van der Waals surface area (Å²) in [5.74, 6) is -0.209. The molecule has 10 heteroatoms. The minimum Gasteiger partial charge on any atom is -0.360 e. The lowest BCUT2D eigenvalue weighted by Gasteiger charge is -2.01. The fraction of sp³-hybridized carbons (Fsp3) is 0.0667. The van der Waals surface area contributed by atoms with Crippen LogP contribution in [0.2, 0.25) is 0 Å². The van der Waals surface area contributed by atoms with E-state index in [1.165, 1.54) is 11.3 Å². The molecule has 0 amide bonds. The summed E-state index contributed by atoms with van der Waals surface area (Å²) in [6.45, 7) is 0. The molecule has 0 saturated carbocycles. The number of nitrogens with zero attached hydrogens (tertiary/aromatic N) is 3. The Morgan fingerprint density at radius 3 is 2.76 bits per heavy atom. The number of H-pyrrole nitrogens is 1. The number of thiazole rings is 1. The number of alkyl halides is 3. The average Bonchev–Trinajstić information content (AvgIpc) is 3.31. The largest absolute Gasteiger partial charge is 0.360 e. The molecule has 3 heterocycles. The van der Waals surface area contributed by atoms with Crippen molar-refractivity contribution in [1.82, 2.24) is 20.1 Å². The summed E-state index contributed by atoms with van der Waals surface area (Å²) in [5.41, 5.74) is 1.80. The van der Waals surface area contributed by atoms with Crippen molar-refractivity contribution in [2.45, 2.75) is 3.79 Å². The van der Waals surface area contributed by atoms with Crippen LogP contribution in [0.1, 0.15) is 21.3 Å². The first-order valence-electron chi connectivity index (χ1n) is 6.91. The van der Waals surface area contributed by atoms with Gasteiger partial charge in [-0.1, -0.05) is 58.2 Å². The van der Waals surface area contributed by atoms with Crippen LogP contribution in [0.5, 0.6) is 0 Å². The highest BCUT2D eigenvalue weighted by Gasteiger charge is 2.31. The van der Waals surface area contributed by atoms with Crippen LogP contribution >= 0.6 is 46.1 Å². The van der Waals surface area contributed by atoms with Crippen LogP contribution in [-0.2, 0) is 3.79 Å². The van der Waals surface area contributed by atoms with Crippen molar-refractivity contribution < 1.29 is 9.32 Å². The molecular formula is C15H7Cl3N4O2S. The molecule has 3 aromatic heterocycles. The second-order valence-electron chi connectivity index (χ2n) is 5.04. The Bertz CT molecular complexity index is 1080. The lowest BCUT2D eigenvalue weighted by Crippen LogP contribution is -2.00. The molecule has 4 rings (SSSR count). The first-order valence-corrected chi connectivity index (χ1v) is 8.92. The van der Waals surface area contributed by atoms with Crippen LogP contribution < -0.4 is 0 Å². The third-order valence-corrected chi connectivity index (χ3v) is 4.76. The lowest BCUT2D eigenvalue weighted by molar-refractivity contribution is 0.104. The number of rotatable bonds is 3. The Balaban J connectivity index is 1.67. The molecule has 126 valence electrons. The maximum absolute atomic E-state index is 12.7. The number of aromatic amines is 1. The third-order valence-electron chi connectivity index (χ3n) is 3.43. The van der Waals surface area contributed by atoms with Gasteiger partial charge in [0, 0.05) is 22.5 Å². The van der Waals surface area contributed by atoms with Gasteiger partial charge in [-0.15, -0.1) is 11.3 Å². The molecule has 0 aliphatic heterocycles. The van der Waals surface area contributed by atoms with E-state index in [1.807, 2.05) is 24.3 Å². The molecule has 25 heavy (non-hydrogen) atoms. The molecule has 0 bridgehead atoms. The normalized spacial score (nSPS) is 12.0. The Labute approximate surface area is 159 Å². The highest BCUT2D eigenvalue weighted by Crippen LogP contribution is 2.37. The van der Waals surface area contributed by atoms with Gasteiger partial charge in [0.05, 0.1) is 5.56 Å². The van der Waals surface area contributed by atoms with Gasteiger partial charge >= 0.3 is 0 Å². The van der Waals surface area contributed by atoms with Gasteiger partial charge in [0.15, 0.2) is 5.01 Å². The summed E-state index contributed by atoms with van der Waals surface area (Å²) < 4.78 is 3.09. The van der Waals surface area contributed by atoms with E-state index in [-0.39, 0.29) is 17.5 Å². The van der Waals surface area contributed by atoms with Crippen molar-refractivity contribution in [3.8, 4) is 11.5 Å². The zero-order chi connectivity index (χ0) is 17.6. The predicted molar refractivity (Wildman–Crippen MR) is 96.4 cm³/mol. The van der Waals surface area contributed by atoms with E-state index in [9.17, 15) is 4.79 Å². The van der Waals surface area contributed by atoms with Crippen LogP contribution in [0.15, 0.2) is 40.4 Å². The fourth-order valence-electron chi connectivity index (χ4n) is 2.30. The molecule has 0 unspecified atom stereocenters. The maximum atomic E-state index is 12.7. The van der Waals surface area contributed by atoms with Crippen molar-refractivity contribution in [3.63, 3.8) is 0 Å². The van der Waals surface area contributed by atoms with Gasteiger partial charge < -0.3 is 9.51 Å². The third kappa shape index (κ3) is 3.04. The molecule has 1 aromatic carbocycles. The minimum absolute atomic E-state index is 0.149. The number of benzene rings is 1. The molecule has 0 atom stereocenters. The van der Waals surface area contributed by atoms with Gasteiger partial charge in [-0.3, -0.25) is 4.79 Å². The van der Waals surface area contributed by atoms with E-state index < -0.39 is 3.79 Å². The number of fused-ring (bicyclic) bond motifs is 1.